The number of nitrogens with zero attached hydrogens (tertiary/aromatic N) is 1. The fraction of sp³-hybridized carbons (Fsp3) is 0.333. The van der Waals surface area contributed by atoms with E-state index >= 15 is 0 Å². The Morgan fingerprint density at radius 3 is 2.55 bits per heavy atom. The second kappa shape index (κ2) is 13.2. The first-order chi connectivity index (χ1) is 19.1. The maximum Gasteiger partial charge on any atom is 0.417 e. The Morgan fingerprint density at radius 2 is 1.88 bits per heavy atom. The first-order valence-corrected chi connectivity index (χ1v) is 12.9. The number of aliphatic hydroxyl groups excluding tert-OH is 1. The molecule has 0 aliphatic carbocycles. The lowest BCUT2D eigenvalue weighted by Gasteiger charge is -2.26. The molecular weight excluding hydrogens is 551 g/mol. The third-order valence-corrected chi connectivity index (χ3v) is 6.43. The van der Waals surface area contributed by atoms with Crippen LogP contribution in [0.2, 0.25) is 5.02 Å². The van der Waals surface area contributed by atoms with Crippen molar-refractivity contribution in [3.05, 3.63) is 76.6 Å². The van der Waals surface area contributed by atoms with Gasteiger partial charge in [0, 0.05) is 24.9 Å². The number of halogens is 4. The average Bonchev–Trinajstić information content (AvgIpc) is 2.93. The molecule has 2 heterocycles. The van der Waals surface area contributed by atoms with E-state index in [1.807, 2.05) is 0 Å². The van der Waals surface area contributed by atoms with Crippen LogP contribution >= 0.6 is 11.6 Å². The van der Waals surface area contributed by atoms with Crippen LogP contribution in [0.3, 0.4) is 0 Å². The lowest BCUT2D eigenvalue weighted by Crippen LogP contribution is -2.34. The third-order valence-electron chi connectivity index (χ3n) is 6.12. The van der Waals surface area contributed by atoms with E-state index in [0.717, 1.165) is 30.8 Å². The molecule has 1 fully saturated rings. The molecule has 1 saturated heterocycles. The highest BCUT2D eigenvalue weighted by molar-refractivity contribution is 6.31. The number of pyridine rings is 1. The Labute approximate surface area is 234 Å². The molecule has 0 bridgehead atoms. The summed E-state index contributed by atoms with van der Waals surface area (Å²) in [4.78, 5) is 16.7. The molecule has 214 valence electrons. The van der Waals surface area contributed by atoms with Crippen molar-refractivity contribution < 1.29 is 32.5 Å². The van der Waals surface area contributed by atoms with Gasteiger partial charge < -0.3 is 30.5 Å². The highest BCUT2D eigenvalue weighted by Crippen LogP contribution is 2.41. The number of ether oxygens (including phenoxy) is 2. The predicted molar refractivity (Wildman–Crippen MR) is 144 cm³/mol. The lowest BCUT2D eigenvalue weighted by molar-refractivity contribution is -0.137. The zero-order valence-electron chi connectivity index (χ0n) is 21.5. The number of piperidine rings is 1. The highest BCUT2D eigenvalue weighted by Gasteiger charge is 2.35. The van der Waals surface area contributed by atoms with Gasteiger partial charge in [0.1, 0.15) is 29.6 Å². The van der Waals surface area contributed by atoms with Crippen molar-refractivity contribution in [1.29, 1.82) is 0 Å². The minimum atomic E-state index is -4.70. The standard InChI is InChI=1S/C27H29ClF3N5O4/c1-32-25(37)23-12-19(8-11-34-23)39-17-4-2-16(3-5-17)15-35-26(38)36-22-13-20(27(29,30)31)21(28)14-24(22)40-18-6-9-33-10-7-18/h2-5,8,11-14,18,25,32-33,37H,6-7,9-10,15H2,1H3,(H2,35,36,38). The number of alkyl halides is 3. The molecule has 1 unspecified atom stereocenters. The molecule has 0 saturated carbocycles. The number of amides is 2. The van der Waals surface area contributed by atoms with E-state index in [2.05, 4.69) is 26.3 Å². The second-order valence-corrected chi connectivity index (χ2v) is 9.46. The van der Waals surface area contributed by atoms with Crippen molar-refractivity contribution in [3.63, 3.8) is 0 Å². The maximum atomic E-state index is 13.5. The van der Waals surface area contributed by atoms with E-state index in [4.69, 9.17) is 21.1 Å². The van der Waals surface area contributed by atoms with Crippen LogP contribution in [0.25, 0.3) is 0 Å². The normalized spacial score (nSPS) is 14.8. The van der Waals surface area contributed by atoms with Crippen LogP contribution in [0.4, 0.5) is 23.7 Å². The van der Waals surface area contributed by atoms with Gasteiger partial charge >= 0.3 is 12.2 Å². The number of carbonyl (C=O) groups is 1. The van der Waals surface area contributed by atoms with Crippen molar-refractivity contribution in [3.8, 4) is 17.2 Å². The predicted octanol–water partition coefficient (Wildman–Crippen LogP) is 5.21. The molecule has 13 heteroatoms. The molecule has 1 aliphatic heterocycles. The number of aliphatic hydroxyl groups is 1. The van der Waals surface area contributed by atoms with Crippen molar-refractivity contribution in [2.24, 2.45) is 0 Å². The number of anilines is 1. The molecule has 9 nitrogen and oxygen atoms in total. The molecule has 1 atom stereocenters. The monoisotopic (exact) mass is 579 g/mol. The van der Waals surface area contributed by atoms with Gasteiger partial charge in [0.15, 0.2) is 0 Å². The summed E-state index contributed by atoms with van der Waals surface area (Å²) in [5.41, 5.74) is -0.0721. The van der Waals surface area contributed by atoms with Gasteiger partial charge in [-0.15, -0.1) is 0 Å². The first kappa shape index (κ1) is 29.4. The fourth-order valence-corrected chi connectivity index (χ4v) is 4.27. The van der Waals surface area contributed by atoms with Crippen LogP contribution < -0.4 is 30.7 Å². The Balaban J connectivity index is 1.39. The van der Waals surface area contributed by atoms with Crippen LogP contribution in [0, 0.1) is 0 Å². The van der Waals surface area contributed by atoms with Crippen molar-refractivity contribution in [2.45, 2.75) is 37.9 Å². The summed E-state index contributed by atoms with van der Waals surface area (Å²) < 4.78 is 52.2. The Hall–Kier alpha value is -3.58. The number of benzene rings is 2. The van der Waals surface area contributed by atoms with Crippen molar-refractivity contribution in [1.82, 2.24) is 20.9 Å². The van der Waals surface area contributed by atoms with E-state index in [9.17, 15) is 23.1 Å². The van der Waals surface area contributed by atoms with Crippen LogP contribution in [-0.2, 0) is 12.7 Å². The first-order valence-electron chi connectivity index (χ1n) is 12.5. The Kier molecular flexibility index (Phi) is 9.69. The van der Waals surface area contributed by atoms with Crippen LogP contribution in [0.5, 0.6) is 17.2 Å². The van der Waals surface area contributed by atoms with Gasteiger partial charge in [-0.2, -0.15) is 13.2 Å². The van der Waals surface area contributed by atoms with Gasteiger partial charge in [-0.25, -0.2) is 4.79 Å². The Bertz CT molecular complexity index is 1300. The number of carbonyl (C=O) groups excluding carboxylic acids is 1. The average molecular weight is 580 g/mol. The molecule has 0 spiro atoms. The van der Waals surface area contributed by atoms with E-state index in [-0.39, 0.29) is 24.1 Å². The molecule has 5 N–H and O–H groups in total. The molecule has 3 aromatic rings. The number of urea groups is 1. The molecule has 2 aromatic carbocycles. The summed E-state index contributed by atoms with van der Waals surface area (Å²) in [5, 5.41) is 20.3. The summed E-state index contributed by atoms with van der Waals surface area (Å²) in [6, 6.07) is 11.3. The SMILES string of the molecule is CNC(O)c1cc(Oc2ccc(CNC(=O)Nc3cc(C(F)(F)F)c(Cl)cc3OC3CCNCC3)cc2)ccn1. The highest BCUT2D eigenvalue weighted by atomic mass is 35.5. The minimum Gasteiger partial charge on any atom is -0.488 e. The number of hydrogen-bond acceptors (Lipinski definition) is 7. The molecule has 4 rings (SSSR count). The van der Waals surface area contributed by atoms with Crippen LogP contribution in [0.1, 0.15) is 35.9 Å². The lowest BCUT2D eigenvalue weighted by atomic mass is 10.1. The summed E-state index contributed by atoms with van der Waals surface area (Å²) >= 11 is 5.91. The largest absolute Gasteiger partial charge is 0.488 e. The maximum absolute atomic E-state index is 13.5. The fourth-order valence-electron chi connectivity index (χ4n) is 4.01. The van der Waals surface area contributed by atoms with Gasteiger partial charge in [-0.1, -0.05) is 23.7 Å². The van der Waals surface area contributed by atoms with E-state index in [1.165, 1.54) is 6.20 Å². The second-order valence-electron chi connectivity index (χ2n) is 9.05. The number of rotatable bonds is 9. The van der Waals surface area contributed by atoms with Gasteiger partial charge in [-0.05, 0) is 62.8 Å². The number of hydrogen-bond donors (Lipinski definition) is 5. The zero-order chi connectivity index (χ0) is 28.7. The van der Waals surface area contributed by atoms with Gasteiger partial charge in [0.2, 0.25) is 0 Å². The minimum absolute atomic E-state index is 0.0723. The topological polar surface area (TPSA) is 117 Å². The quantitative estimate of drug-likeness (QED) is 0.221. The molecule has 0 radical (unpaired) electrons. The number of aromatic nitrogens is 1. The third kappa shape index (κ3) is 7.98. The van der Waals surface area contributed by atoms with Crippen LogP contribution in [-0.4, -0.2) is 42.4 Å². The summed E-state index contributed by atoms with van der Waals surface area (Å²) in [6.07, 6.45) is -2.99. The molecule has 40 heavy (non-hydrogen) atoms. The number of nitrogens with one attached hydrogen (secondary N) is 4. The molecule has 2 amide bonds. The van der Waals surface area contributed by atoms with E-state index < -0.39 is 29.0 Å². The van der Waals surface area contributed by atoms with E-state index in [0.29, 0.717) is 30.0 Å². The summed E-state index contributed by atoms with van der Waals surface area (Å²) in [6.45, 7) is 1.54. The van der Waals surface area contributed by atoms with Gasteiger partial charge in [0.25, 0.3) is 0 Å². The molecule has 1 aliphatic rings. The zero-order valence-corrected chi connectivity index (χ0v) is 22.3. The molecular formula is C27H29ClF3N5O4. The summed E-state index contributed by atoms with van der Waals surface area (Å²) in [5.74, 6) is 1.07. The van der Waals surface area contributed by atoms with Crippen molar-refractivity contribution >= 4 is 23.3 Å². The Morgan fingerprint density at radius 1 is 1.15 bits per heavy atom. The van der Waals surface area contributed by atoms with Crippen LogP contribution in [0.15, 0.2) is 54.7 Å². The van der Waals surface area contributed by atoms with Gasteiger partial charge in [-0.3, -0.25) is 10.3 Å². The van der Waals surface area contributed by atoms with Crippen molar-refractivity contribution in [2.75, 3.05) is 25.5 Å². The molecule has 1 aromatic heterocycles. The van der Waals surface area contributed by atoms with Gasteiger partial charge in [0.05, 0.1) is 22.0 Å². The van der Waals surface area contributed by atoms with E-state index in [1.54, 1.807) is 43.4 Å². The smallest absolute Gasteiger partial charge is 0.417 e. The summed E-state index contributed by atoms with van der Waals surface area (Å²) in [7, 11) is 1.60.